The summed E-state index contributed by atoms with van der Waals surface area (Å²) in [5.74, 6) is 1.53. The zero-order valence-corrected chi connectivity index (χ0v) is 11.8. The molecule has 0 bridgehead atoms. The van der Waals surface area contributed by atoms with Crippen LogP contribution in [0.5, 0.6) is 0 Å². The molecule has 2 unspecified atom stereocenters. The van der Waals surface area contributed by atoms with Crippen LogP contribution in [-0.4, -0.2) is 23.9 Å². The van der Waals surface area contributed by atoms with E-state index in [9.17, 15) is 4.79 Å². The second-order valence-electron chi connectivity index (χ2n) is 5.18. The van der Waals surface area contributed by atoms with Crippen molar-refractivity contribution in [2.75, 3.05) is 13.1 Å². The van der Waals surface area contributed by atoms with Crippen molar-refractivity contribution in [1.29, 1.82) is 0 Å². The number of fused-ring (bicyclic) bond motifs is 1. The first-order chi connectivity index (χ1) is 8.74. The fourth-order valence-electron chi connectivity index (χ4n) is 2.96. The van der Waals surface area contributed by atoms with Gasteiger partial charge < -0.3 is 4.90 Å². The third-order valence-electron chi connectivity index (χ3n) is 4.00. The smallest absolute Gasteiger partial charge is 0.253 e. The Morgan fingerprint density at radius 3 is 2.17 bits per heavy atom. The summed E-state index contributed by atoms with van der Waals surface area (Å²) in [4.78, 5) is 14.4. The van der Waals surface area contributed by atoms with Gasteiger partial charge in [0.05, 0.1) is 0 Å². The molecule has 3 heteroatoms. The number of amides is 1. The molecule has 1 amide bonds. The minimum Gasteiger partial charge on any atom is -0.338 e. The average molecular weight is 306 g/mol. The van der Waals surface area contributed by atoms with E-state index in [2.05, 4.69) is 28.1 Å². The van der Waals surface area contributed by atoms with Crippen LogP contribution in [0.4, 0.5) is 0 Å². The molecular formula is C15H16BrNO. The highest BCUT2D eigenvalue weighted by atomic mass is 79.9. The van der Waals surface area contributed by atoms with Crippen LogP contribution in [0, 0.1) is 11.8 Å². The maximum Gasteiger partial charge on any atom is 0.253 e. The normalized spacial score (nSPS) is 26.2. The van der Waals surface area contributed by atoms with E-state index in [1.807, 2.05) is 29.2 Å². The Balaban J connectivity index is 1.73. The third-order valence-corrected chi connectivity index (χ3v) is 4.53. The number of likely N-dealkylation sites (tertiary alicyclic amines) is 1. The van der Waals surface area contributed by atoms with Crippen LogP contribution >= 0.6 is 15.9 Å². The van der Waals surface area contributed by atoms with E-state index in [4.69, 9.17) is 0 Å². The summed E-state index contributed by atoms with van der Waals surface area (Å²) < 4.78 is 1.01. The highest BCUT2D eigenvalue weighted by molar-refractivity contribution is 9.10. The number of benzene rings is 1. The standard InChI is InChI=1S/C15H16BrNO/c16-14-7-5-11(6-8-14)15(18)17-9-12-3-1-2-4-13(12)10-17/h1-2,5-8,12-13H,3-4,9-10H2. The Hall–Kier alpha value is -1.09. The number of carbonyl (C=O) groups is 1. The molecule has 1 fully saturated rings. The molecule has 1 aromatic carbocycles. The molecule has 0 N–H and O–H groups in total. The fourth-order valence-corrected chi connectivity index (χ4v) is 3.22. The van der Waals surface area contributed by atoms with E-state index < -0.39 is 0 Å². The first-order valence-corrected chi connectivity index (χ1v) is 7.23. The lowest BCUT2D eigenvalue weighted by Gasteiger charge is -2.17. The van der Waals surface area contributed by atoms with Gasteiger partial charge in [-0.2, -0.15) is 0 Å². The number of hydrogen-bond donors (Lipinski definition) is 0. The van der Waals surface area contributed by atoms with Crippen LogP contribution in [0.25, 0.3) is 0 Å². The molecule has 1 saturated heterocycles. The summed E-state index contributed by atoms with van der Waals surface area (Å²) in [5, 5.41) is 0. The van der Waals surface area contributed by atoms with E-state index >= 15 is 0 Å². The van der Waals surface area contributed by atoms with Gasteiger partial charge >= 0.3 is 0 Å². The van der Waals surface area contributed by atoms with Gasteiger partial charge in [0.1, 0.15) is 0 Å². The summed E-state index contributed by atoms with van der Waals surface area (Å²) in [5.41, 5.74) is 0.796. The first-order valence-electron chi connectivity index (χ1n) is 6.44. The van der Waals surface area contributed by atoms with Gasteiger partial charge in [-0.1, -0.05) is 28.1 Å². The largest absolute Gasteiger partial charge is 0.338 e. The Morgan fingerprint density at radius 2 is 1.61 bits per heavy atom. The highest BCUT2D eigenvalue weighted by Gasteiger charge is 2.35. The molecule has 18 heavy (non-hydrogen) atoms. The Bertz CT molecular complexity index is 464. The van der Waals surface area contributed by atoms with Gasteiger partial charge in [0.2, 0.25) is 0 Å². The zero-order valence-electron chi connectivity index (χ0n) is 10.2. The minimum atomic E-state index is 0.178. The molecule has 1 heterocycles. The summed E-state index contributed by atoms with van der Waals surface area (Å²) >= 11 is 3.39. The molecule has 1 aliphatic heterocycles. The SMILES string of the molecule is O=C(c1ccc(Br)cc1)N1CC2CC=CCC2C1. The van der Waals surface area contributed by atoms with Gasteiger partial charge in [0.15, 0.2) is 0 Å². The van der Waals surface area contributed by atoms with Crippen LogP contribution in [0.2, 0.25) is 0 Å². The number of nitrogens with zero attached hydrogens (tertiary/aromatic N) is 1. The summed E-state index contributed by atoms with van der Waals surface area (Å²) in [6.45, 7) is 1.84. The summed E-state index contributed by atoms with van der Waals surface area (Å²) in [6, 6.07) is 7.65. The predicted octanol–water partition coefficient (Wildman–Crippen LogP) is 3.49. The number of rotatable bonds is 1. The van der Waals surface area contributed by atoms with Crippen LogP contribution in [0.1, 0.15) is 23.2 Å². The van der Waals surface area contributed by atoms with Crippen LogP contribution in [0.3, 0.4) is 0 Å². The molecule has 2 aliphatic rings. The van der Waals surface area contributed by atoms with E-state index in [0.717, 1.165) is 36.0 Å². The van der Waals surface area contributed by atoms with Crippen molar-refractivity contribution in [3.05, 3.63) is 46.5 Å². The molecule has 0 saturated carbocycles. The molecular weight excluding hydrogens is 290 g/mol. The van der Waals surface area contributed by atoms with Gasteiger partial charge in [-0.05, 0) is 48.9 Å². The molecule has 3 rings (SSSR count). The maximum absolute atomic E-state index is 12.4. The summed E-state index contributed by atoms with van der Waals surface area (Å²) in [6.07, 6.45) is 6.78. The molecule has 94 valence electrons. The highest BCUT2D eigenvalue weighted by Crippen LogP contribution is 2.33. The van der Waals surface area contributed by atoms with Gasteiger partial charge in [0.25, 0.3) is 5.91 Å². The van der Waals surface area contributed by atoms with E-state index in [1.54, 1.807) is 0 Å². The van der Waals surface area contributed by atoms with Gasteiger partial charge in [-0.25, -0.2) is 0 Å². The maximum atomic E-state index is 12.4. The second-order valence-corrected chi connectivity index (χ2v) is 6.10. The van der Waals surface area contributed by atoms with Gasteiger partial charge in [0, 0.05) is 23.1 Å². The van der Waals surface area contributed by atoms with Crippen molar-refractivity contribution < 1.29 is 4.79 Å². The third kappa shape index (κ3) is 2.24. The minimum absolute atomic E-state index is 0.178. The molecule has 2 nitrogen and oxygen atoms in total. The van der Waals surface area contributed by atoms with Gasteiger partial charge in [-0.15, -0.1) is 0 Å². The van der Waals surface area contributed by atoms with Crippen LogP contribution in [-0.2, 0) is 0 Å². The van der Waals surface area contributed by atoms with E-state index in [0.29, 0.717) is 11.8 Å². The van der Waals surface area contributed by atoms with Crippen molar-refractivity contribution in [2.45, 2.75) is 12.8 Å². The lowest BCUT2D eigenvalue weighted by Crippen LogP contribution is -2.28. The van der Waals surface area contributed by atoms with Crippen molar-refractivity contribution in [2.24, 2.45) is 11.8 Å². The first kappa shape index (κ1) is 12.0. The monoisotopic (exact) mass is 305 g/mol. The van der Waals surface area contributed by atoms with Crippen LogP contribution in [0.15, 0.2) is 40.9 Å². The van der Waals surface area contributed by atoms with Crippen LogP contribution < -0.4 is 0 Å². The molecule has 0 aromatic heterocycles. The molecule has 0 spiro atoms. The van der Waals surface area contributed by atoms with Crippen molar-refractivity contribution >= 4 is 21.8 Å². The van der Waals surface area contributed by atoms with Crippen molar-refractivity contribution in [1.82, 2.24) is 4.90 Å². The van der Waals surface area contributed by atoms with Gasteiger partial charge in [-0.3, -0.25) is 4.79 Å². The lowest BCUT2D eigenvalue weighted by atomic mass is 9.86. The molecule has 1 aromatic rings. The number of allylic oxidation sites excluding steroid dienone is 2. The van der Waals surface area contributed by atoms with Crippen molar-refractivity contribution in [3.8, 4) is 0 Å². The summed E-state index contributed by atoms with van der Waals surface area (Å²) in [7, 11) is 0. The predicted molar refractivity (Wildman–Crippen MR) is 75.4 cm³/mol. The molecule has 1 aliphatic carbocycles. The molecule has 0 radical (unpaired) electrons. The fraction of sp³-hybridized carbons (Fsp3) is 0.400. The van der Waals surface area contributed by atoms with Crippen molar-refractivity contribution in [3.63, 3.8) is 0 Å². The number of carbonyl (C=O) groups excluding carboxylic acids is 1. The van der Waals surface area contributed by atoms with E-state index in [1.165, 1.54) is 0 Å². The Labute approximate surface area is 116 Å². The Morgan fingerprint density at radius 1 is 1.06 bits per heavy atom. The Kier molecular flexibility index (Phi) is 3.25. The lowest BCUT2D eigenvalue weighted by molar-refractivity contribution is 0.0784. The second kappa shape index (κ2) is 4.88. The number of halogens is 1. The molecule has 2 atom stereocenters. The number of hydrogen-bond acceptors (Lipinski definition) is 1. The topological polar surface area (TPSA) is 20.3 Å². The quantitative estimate of drug-likeness (QED) is 0.727. The zero-order chi connectivity index (χ0) is 12.5. The van der Waals surface area contributed by atoms with E-state index in [-0.39, 0.29) is 5.91 Å². The average Bonchev–Trinajstić information content (AvgIpc) is 2.82.